The van der Waals surface area contributed by atoms with Gasteiger partial charge in [-0.3, -0.25) is 4.90 Å². The molecule has 2 amide bonds. The van der Waals surface area contributed by atoms with Gasteiger partial charge in [0.1, 0.15) is 11.9 Å². The zero-order valence-corrected chi connectivity index (χ0v) is 10.3. The zero-order chi connectivity index (χ0) is 13.3. The monoisotopic (exact) mass is 251 g/mol. The van der Waals surface area contributed by atoms with Gasteiger partial charge in [-0.1, -0.05) is 5.18 Å². The molecule has 0 N–H and O–H groups in total. The van der Waals surface area contributed by atoms with E-state index in [-0.39, 0.29) is 6.03 Å². The molecule has 0 saturated heterocycles. The van der Waals surface area contributed by atoms with Crippen molar-refractivity contribution < 1.29 is 9.18 Å². The predicted octanol–water partition coefficient (Wildman–Crippen LogP) is 2.52. The van der Waals surface area contributed by atoms with Crippen LogP contribution in [0.25, 0.3) is 0 Å². The van der Waals surface area contributed by atoms with Gasteiger partial charge in [0.2, 0.25) is 0 Å². The molecule has 0 aromatic heterocycles. The summed E-state index contributed by atoms with van der Waals surface area (Å²) in [6, 6.07) is 3.30. The number of nitroso groups, excluding NO2 is 1. The lowest BCUT2D eigenvalue weighted by molar-refractivity contribution is 0.223. The van der Waals surface area contributed by atoms with Crippen LogP contribution in [0.3, 0.4) is 0 Å². The van der Waals surface area contributed by atoms with E-state index in [0.29, 0.717) is 24.2 Å². The highest BCUT2D eigenvalue weighted by atomic mass is 19.1. The highest BCUT2D eigenvalue weighted by Crippen LogP contribution is 2.36. The van der Waals surface area contributed by atoms with Gasteiger partial charge in [-0.15, -0.1) is 0 Å². The van der Waals surface area contributed by atoms with E-state index >= 15 is 0 Å². The molecular formula is C12H14FN3O2. The summed E-state index contributed by atoms with van der Waals surface area (Å²) in [5, 5.41) is 3.00. The number of carbonyl (C=O) groups is 1. The fraction of sp³-hybridized carbons (Fsp3) is 0.417. The summed E-state index contributed by atoms with van der Waals surface area (Å²) >= 11 is 0. The Morgan fingerprint density at radius 1 is 1.50 bits per heavy atom. The summed E-state index contributed by atoms with van der Waals surface area (Å²) < 4.78 is 13.2. The Morgan fingerprint density at radius 2 is 2.22 bits per heavy atom. The number of benzene rings is 1. The molecule has 1 aliphatic heterocycles. The third-order valence-corrected chi connectivity index (χ3v) is 3.01. The Hall–Kier alpha value is -1.98. The van der Waals surface area contributed by atoms with E-state index in [2.05, 4.69) is 5.18 Å². The van der Waals surface area contributed by atoms with E-state index in [1.54, 1.807) is 14.1 Å². The van der Waals surface area contributed by atoms with Gasteiger partial charge in [-0.2, -0.15) is 4.91 Å². The molecule has 1 aromatic carbocycles. The van der Waals surface area contributed by atoms with Crippen LogP contribution < -0.4 is 4.90 Å². The quantitative estimate of drug-likeness (QED) is 0.720. The normalized spacial score (nSPS) is 18.2. The standard InChI is InChI=1S/C12H14FN3O2/c1-15(2)12(17)16-6-5-10(14-18)9-7-8(13)3-4-11(9)16/h3-4,7,10H,5-6H2,1-2H3. The summed E-state index contributed by atoms with van der Waals surface area (Å²) in [6.45, 7) is 0.409. The van der Waals surface area contributed by atoms with E-state index in [0.717, 1.165) is 0 Å². The Labute approximate surface area is 104 Å². The molecule has 0 spiro atoms. The van der Waals surface area contributed by atoms with E-state index in [1.165, 1.54) is 28.0 Å². The van der Waals surface area contributed by atoms with E-state index in [1.807, 2.05) is 0 Å². The third kappa shape index (κ3) is 2.05. The van der Waals surface area contributed by atoms with Crippen LogP contribution in [0.4, 0.5) is 14.9 Å². The largest absolute Gasteiger partial charge is 0.330 e. The average Bonchev–Trinajstić information content (AvgIpc) is 2.36. The van der Waals surface area contributed by atoms with Crippen LogP contribution in [0.2, 0.25) is 0 Å². The molecule has 1 unspecified atom stereocenters. The molecule has 1 aromatic rings. The lowest BCUT2D eigenvalue weighted by atomic mass is 9.97. The number of amides is 2. The molecule has 1 aliphatic rings. The number of rotatable bonds is 1. The van der Waals surface area contributed by atoms with Gasteiger partial charge < -0.3 is 4.90 Å². The minimum atomic E-state index is -0.582. The second kappa shape index (κ2) is 4.72. The zero-order valence-electron chi connectivity index (χ0n) is 10.3. The molecular weight excluding hydrogens is 237 g/mol. The van der Waals surface area contributed by atoms with Crippen LogP contribution >= 0.6 is 0 Å². The molecule has 96 valence electrons. The van der Waals surface area contributed by atoms with Crippen LogP contribution in [0.15, 0.2) is 23.4 Å². The van der Waals surface area contributed by atoms with E-state index in [4.69, 9.17) is 0 Å². The average molecular weight is 251 g/mol. The Balaban J connectivity index is 2.46. The lowest BCUT2D eigenvalue weighted by Gasteiger charge is -2.33. The van der Waals surface area contributed by atoms with Gasteiger partial charge in [-0.05, 0) is 24.6 Å². The Kier molecular flexibility index (Phi) is 3.27. The van der Waals surface area contributed by atoms with Crippen molar-refractivity contribution in [2.45, 2.75) is 12.5 Å². The first-order chi connectivity index (χ1) is 8.54. The molecule has 0 bridgehead atoms. The minimum Gasteiger partial charge on any atom is -0.330 e. The van der Waals surface area contributed by atoms with Crippen molar-refractivity contribution in [1.29, 1.82) is 0 Å². The van der Waals surface area contributed by atoms with E-state index in [9.17, 15) is 14.1 Å². The number of anilines is 1. The summed E-state index contributed by atoms with van der Waals surface area (Å²) in [5.41, 5.74) is 1.04. The van der Waals surface area contributed by atoms with Gasteiger partial charge in [0.05, 0.1) is 5.69 Å². The summed E-state index contributed by atoms with van der Waals surface area (Å²) in [7, 11) is 3.30. The molecule has 0 fully saturated rings. The number of urea groups is 1. The number of carbonyl (C=O) groups excluding carboxylic acids is 1. The number of hydrogen-bond donors (Lipinski definition) is 0. The molecule has 2 rings (SSSR count). The first-order valence-corrected chi connectivity index (χ1v) is 5.65. The second-order valence-corrected chi connectivity index (χ2v) is 4.44. The highest BCUT2D eigenvalue weighted by molar-refractivity contribution is 5.93. The topological polar surface area (TPSA) is 53.0 Å². The minimum absolute atomic E-state index is 0.188. The smallest absolute Gasteiger partial charge is 0.323 e. The van der Waals surface area contributed by atoms with Gasteiger partial charge >= 0.3 is 6.03 Å². The SMILES string of the molecule is CN(C)C(=O)N1CCC(N=O)c2cc(F)ccc21. The maximum absolute atomic E-state index is 13.2. The summed E-state index contributed by atoms with van der Waals surface area (Å²) in [4.78, 5) is 25.7. The van der Waals surface area contributed by atoms with Gasteiger partial charge in [0.25, 0.3) is 0 Å². The van der Waals surface area contributed by atoms with Crippen molar-refractivity contribution in [2.24, 2.45) is 5.18 Å². The summed E-state index contributed by atoms with van der Waals surface area (Å²) in [6.07, 6.45) is 0.416. The van der Waals surface area contributed by atoms with Crippen LogP contribution in [-0.4, -0.2) is 31.6 Å². The molecule has 1 atom stereocenters. The van der Waals surface area contributed by atoms with Crippen molar-refractivity contribution in [3.63, 3.8) is 0 Å². The predicted molar refractivity (Wildman–Crippen MR) is 66.0 cm³/mol. The maximum atomic E-state index is 13.2. The van der Waals surface area contributed by atoms with Crippen LogP contribution in [0, 0.1) is 10.7 Å². The van der Waals surface area contributed by atoms with Crippen molar-refractivity contribution >= 4 is 11.7 Å². The van der Waals surface area contributed by atoms with Crippen molar-refractivity contribution in [3.8, 4) is 0 Å². The first-order valence-electron chi connectivity index (χ1n) is 5.65. The molecule has 1 heterocycles. The molecule has 0 radical (unpaired) electrons. The van der Waals surface area contributed by atoms with Crippen LogP contribution in [-0.2, 0) is 0 Å². The number of nitrogens with zero attached hydrogens (tertiary/aromatic N) is 3. The highest BCUT2D eigenvalue weighted by Gasteiger charge is 2.30. The van der Waals surface area contributed by atoms with Gasteiger partial charge in [0.15, 0.2) is 0 Å². The van der Waals surface area contributed by atoms with Crippen LogP contribution in [0.5, 0.6) is 0 Å². The Morgan fingerprint density at radius 3 is 2.83 bits per heavy atom. The van der Waals surface area contributed by atoms with Gasteiger partial charge in [-0.25, -0.2) is 9.18 Å². The number of fused-ring (bicyclic) bond motifs is 1. The van der Waals surface area contributed by atoms with Crippen molar-refractivity contribution in [1.82, 2.24) is 4.90 Å². The van der Waals surface area contributed by atoms with Crippen LogP contribution in [0.1, 0.15) is 18.0 Å². The molecule has 5 nitrogen and oxygen atoms in total. The molecule has 0 aliphatic carbocycles. The molecule has 0 saturated carbocycles. The lowest BCUT2D eigenvalue weighted by Crippen LogP contribution is -2.42. The maximum Gasteiger partial charge on any atom is 0.323 e. The van der Waals surface area contributed by atoms with Crippen molar-refractivity contribution in [2.75, 3.05) is 25.5 Å². The molecule has 6 heteroatoms. The number of hydrogen-bond acceptors (Lipinski definition) is 3. The fourth-order valence-electron chi connectivity index (χ4n) is 2.12. The number of halogens is 1. The van der Waals surface area contributed by atoms with Crippen molar-refractivity contribution in [3.05, 3.63) is 34.5 Å². The van der Waals surface area contributed by atoms with Gasteiger partial charge in [0, 0.05) is 26.2 Å². The Bertz CT molecular complexity index is 490. The second-order valence-electron chi connectivity index (χ2n) is 4.44. The first kappa shape index (κ1) is 12.5. The van der Waals surface area contributed by atoms with E-state index < -0.39 is 11.9 Å². The third-order valence-electron chi connectivity index (χ3n) is 3.01. The fourth-order valence-corrected chi connectivity index (χ4v) is 2.12. The molecule has 18 heavy (non-hydrogen) atoms. The summed E-state index contributed by atoms with van der Waals surface area (Å²) in [5.74, 6) is -0.429.